The van der Waals surface area contributed by atoms with Gasteiger partial charge in [-0.3, -0.25) is 0 Å². The first-order valence-electron chi connectivity index (χ1n) is 11.0. The fraction of sp³-hybridized carbons (Fsp3) is 0.138. The molecule has 0 spiro atoms. The first-order valence-corrected chi connectivity index (χ1v) is 11.0. The van der Waals surface area contributed by atoms with E-state index in [9.17, 15) is 0 Å². The van der Waals surface area contributed by atoms with Crippen molar-refractivity contribution in [1.29, 1.82) is 0 Å². The number of hydrogen-bond acceptors (Lipinski definition) is 0. The van der Waals surface area contributed by atoms with Crippen LogP contribution in [0.1, 0.15) is 25.8 Å². The highest BCUT2D eigenvalue weighted by molar-refractivity contribution is 6.09. The third kappa shape index (κ3) is 2.36. The summed E-state index contributed by atoms with van der Waals surface area (Å²) in [6, 6.07) is 30.7. The van der Waals surface area contributed by atoms with Gasteiger partial charge < -0.3 is 4.57 Å². The Balaban J connectivity index is 1.67. The van der Waals surface area contributed by atoms with Crippen LogP contribution >= 0.6 is 0 Å². The molecule has 0 saturated heterocycles. The number of fused-ring (bicyclic) bond motifs is 6. The first-order chi connectivity index (χ1) is 15.1. The number of hydrogen-bond donors (Lipinski definition) is 0. The Morgan fingerprint density at radius 2 is 1.45 bits per heavy atom. The average Bonchev–Trinajstić information content (AvgIpc) is 3.17. The summed E-state index contributed by atoms with van der Waals surface area (Å²) in [5.41, 5.74) is 8.46. The van der Waals surface area contributed by atoms with Crippen molar-refractivity contribution >= 4 is 27.4 Å². The Morgan fingerprint density at radius 1 is 0.806 bits per heavy atom. The summed E-state index contributed by atoms with van der Waals surface area (Å²) >= 11 is 0. The maximum absolute atomic E-state index is 4.54. The second-order valence-corrected chi connectivity index (χ2v) is 8.66. The van der Waals surface area contributed by atoms with Gasteiger partial charge in [0.1, 0.15) is 0 Å². The fourth-order valence-electron chi connectivity index (χ4n) is 5.26. The van der Waals surface area contributed by atoms with E-state index < -0.39 is 0 Å². The molecule has 6 rings (SSSR count). The Labute approximate surface area is 182 Å². The van der Waals surface area contributed by atoms with Gasteiger partial charge in [-0.2, -0.15) is 4.57 Å². The first kappa shape index (κ1) is 18.1. The minimum Gasteiger partial charge on any atom is -0.309 e. The molecule has 31 heavy (non-hydrogen) atoms. The predicted octanol–water partition coefficient (Wildman–Crippen LogP) is 6.89. The molecule has 0 amide bonds. The molecular weight excluding hydrogens is 376 g/mol. The van der Waals surface area contributed by atoms with E-state index in [0.717, 1.165) is 6.42 Å². The third-order valence-electron chi connectivity index (χ3n) is 7.17. The van der Waals surface area contributed by atoms with Gasteiger partial charge in [-0.1, -0.05) is 56.0 Å². The van der Waals surface area contributed by atoms with Crippen LogP contribution in [0.15, 0.2) is 97.7 Å². The van der Waals surface area contributed by atoms with Crippen LogP contribution in [0.2, 0.25) is 0 Å². The van der Waals surface area contributed by atoms with Crippen LogP contribution in [0.5, 0.6) is 0 Å². The van der Waals surface area contributed by atoms with Crippen molar-refractivity contribution in [3.05, 3.63) is 103 Å². The van der Waals surface area contributed by atoms with E-state index in [1.807, 2.05) is 0 Å². The lowest BCUT2D eigenvalue weighted by molar-refractivity contribution is -0.737. The smallest absolute Gasteiger partial charge is 0.213 e. The molecule has 1 unspecified atom stereocenters. The lowest BCUT2D eigenvalue weighted by atomic mass is 9.78. The molecule has 0 N–H and O–H groups in total. The van der Waals surface area contributed by atoms with Gasteiger partial charge >= 0.3 is 0 Å². The van der Waals surface area contributed by atoms with E-state index >= 15 is 0 Å². The number of para-hydroxylation sites is 2. The van der Waals surface area contributed by atoms with Gasteiger partial charge in [0.25, 0.3) is 0 Å². The summed E-state index contributed by atoms with van der Waals surface area (Å²) in [4.78, 5) is 0. The zero-order valence-electron chi connectivity index (χ0n) is 18.0. The topological polar surface area (TPSA) is 8.81 Å². The van der Waals surface area contributed by atoms with Gasteiger partial charge in [-0.05, 0) is 35.9 Å². The van der Waals surface area contributed by atoms with Crippen LogP contribution in [-0.2, 0) is 5.54 Å². The highest BCUT2D eigenvalue weighted by atomic mass is 15.1. The van der Waals surface area contributed by atoms with E-state index in [0.29, 0.717) is 0 Å². The van der Waals surface area contributed by atoms with Crippen LogP contribution in [0, 0.1) is 0 Å². The lowest BCUT2D eigenvalue weighted by Gasteiger charge is -2.32. The van der Waals surface area contributed by atoms with Crippen molar-refractivity contribution in [3.8, 4) is 16.9 Å². The number of allylic oxidation sites excluding steroid dienone is 1. The number of rotatable bonds is 2. The highest BCUT2D eigenvalue weighted by Crippen LogP contribution is 2.42. The van der Waals surface area contributed by atoms with E-state index in [2.05, 4.69) is 121 Å². The van der Waals surface area contributed by atoms with Crippen LogP contribution in [0.25, 0.3) is 44.3 Å². The van der Waals surface area contributed by atoms with Gasteiger partial charge in [0.05, 0.1) is 16.6 Å². The quantitative estimate of drug-likeness (QED) is 0.285. The molecule has 0 aliphatic carbocycles. The molecule has 5 aromatic rings. The monoisotopic (exact) mass is 401 g/mol. The second-order valence-electron chi connectivity index (χ2n) is 8.66. The summed E-state index contributed by atoms with van der Waals surface area (Å²) in [5, 5.41) is 2.57. The van der Waals surface area contributed by atoms with Crippen molar-refractivity contribution in [2.24, 2.45) is 0 Å². The predicted molar refractivity (Wildman–Crippen MR) is 129 cm³/mol. The Kier molecular flexibility index (Phi) is 3.76. The van der Waals surface area contributed by atoms with Gasteiger partial charge in [0.2, 0.25) is 5.69 Å². The zero-order valence-corrected chi connectivity index (χ0v) is 18.0. The van der Waals surface area contributed by atoms with Crippen LogP contribution in [0.3, 0.4) is 0 Å². The lowest BCUT2D eigenvalue weighted by Crippen LogP contribution is -2.57. The number of pyridine rings is 1. The zero-order chi connectivity index (χ0) is 21.2. The van der Waals surface area contributed by atoms with Crippen LogP contribution < -0.4 is 4.57 Å². The molecule has 0 fully saturated rings. The molecule has 3 heterocycles. The summed E-state index contributed by atoms with van der Waals surface area (Å²) in [7, 11) is 0. The minimum absolute atomic E-state index is 0.113. The summed E-state index contributed by atoms with van der Waals surface area (Å²) in [6.45, 7) is 9.08. The summed E-state index contributed by atoms with van der Waals surface area (Å²) in [6.07, 6.45) is 3.20. The molecule has 2 nitrogen and oxygen atoms in total. The standard InChI is InChI=1S/C29H25N2/c1-4-29(3)20(2)22-17-16-21(19-25(22)26-13-9-10-18-30(26)29)31-27-14-7-5-11-23(27)24-12-6-8-15-28(24)31/h5-19H,2,4H2,1,3H3/q+1. The number of aromatic nitrogens is 2. The van der Waals surface area contributed by atoms with Gasteiger partial charge in [0, 0.05) is 47.5 Å². The molecule has 150 valence electrons. The maximum atomic E-state index is 4.54. The third-order valence-corrected chi connectivity index (χ3v) is 7.17. The molecule has 2 heteroatoms. The molecule has 0 radical (unpaired) electrons. The normalized spacial score (nSPS) is 17.7. The SMILES string of the molecule is C=C1c2ccc(-n3c4ccccc4c4ccccc43)cc2-c2cccc[n+]2C1(C)CC. The second kappa shape index (κ2) is 6.42. The van der Waals surface area contributed by atoms with Crippen molar-refractivity contribution in [3.63, 3.8) is 0 Å². The summed E-state index contributed by atoms with van der Waals surface area (Å²) < 4.78 is 4.78. The summed E-state index contributed by atoms with van der Waals surface area (Å²) in [5.74, 6) is 0. The van der Waals surface area contributed by atoms with E-state index in [1.54, 1.807) is 0 Å². The van der Waals surface area contributed by atoms with Crippen molar-refractivity contribution in [2.45, 2.75) is 25.8 Å². The van der Waals surface area contributed by atoms with Gasteiger partial charge in [-0.25, -0.2) is 0 Å². The molecule has 2 aromatic heterocycles. The molecule has 0 bridgehead atoms. The Morgan fingerprint density at radius 3 is 2.13 bits per heavy atom. The number of nitrogens with zero attached hydrogens (tertiary/aromatic N) is 2. The number of benzene rings is 3. The van der Waals surface area contributed by atoms with Gasteiger partial charge in [-0.15, -0.1) is 0 Å². The maximum Gasteiger partial charge on any atom is 0.213 e. The largest absolute Gasteiger partial charge is 0.309 e. The average molecular weight is 402 g/mol. The minimum atomic E-state index is -0.113. The Hall–Kier alpha value is -3.65. The highest BCUT2D eigenvalue weighted by Gasteiger charge is 2.43. The molecular formula is C29H25N2+. The van der Waals surface area contributed by atoms with Gasteiger partial charge in [0.15, 0.2) is 11.7 Å². The molecule has 1 aliphatic heterocycles. The van der Waals surface area contributed by atoms with E-state index in [4.69, 9.17) is 0 Å². The molecule has 0 saturated carbocycles. The van der Waals surface area contributed by atoms with Crippen molar-refractivity contribution in [1.82, 2.24) is 4.57 Å². The molecule has 1 aliphatic rings. The van der Waals surface area contributed by atoms with Crippen LogP contribution in [0.4, 0.5) is 0 Å². The van der Waals surface area contributed by atoms with E-state index in [-0.39, 0.29) is 5.54 Å². The Bertz CT molecular complexity index is 1450. The molecule has 3 aromatic carbocycles. The van der Waals surface area contributed by atoms with Crippen LogP contribution in [-0.4, -0.2) is 4.57 Å². The molecule has 1 atom stereocenters. The fourth-order valence-corrected chi connectivity index (χ4v) is 5.26. The van der Waals surface area contributed by atoms with E-state index in [1.165, 1.54) is 49.9 Å². The van der Waals surface area contributed by atoms with Crippen molar-refractivity contribution in [2.75, 3.05) is 0 Å². The van der Waals surface area contributed by atoms with Crippen molar-refractivity contribution < 1.29 is 4.57 Å².